The van der Waals surface area contributed by atoms with Crippen molar-refractivity contribution in [2.45, 2.75) is 12.8 Å². The zero-order chi connectivity index (χ0) is 17.6. The molecule has 2 heterocycles. The number of amides is 1. The van der Waals surface area contributed by atoms with E-state index in [0.29, 0.717) is 38.1 Å². The van der Waals surface area contributed by atoms with Crippen LogP contribution in [-0.4, -0.2) is 20.7 Å². The van der Waals surface area contributed by atoms with Crippen molar-refractivity contribution in [3.63, 3.8) is 0 Å². The Morgan fingerprint density at radius 3 is 2.84 bits per heavy atom. The number of para-hydroxylation sites is 1. The molecule has 1 N–H and O–H groups in total. The lowest BCUT2D eigenvalue weighted by Crippen LogP contribution is -2.14. The number of fused-ring (bicyclic) bond motifs is 1. The number of aromatic nitrogens is 3. The van der Waals surface area contributed by atoms with Gasteiger partial charge in [0.2, 0.25) is 11.6 Å². The maximum absolute atomic E-state index is 12.1. The smallest absolute Gasteiger partial charge is 0.228 e. The van der Waals surface area contributed by atoms with Crippen LogP contribution in [0.15, 0.2) is 30.6 Å². The lowest BCUT2D eigenvalue weighted by Gasteiger charge is -2.06. The van der Waals surface area contributed by atoms with E-state index in [1.54, 1.807) is 24.4 Å². The number of hydrogen-bond donors (Lipinski definition) is 1. The van der Waals surface area contributed by atoms with E-state index in [1.165, 1.54) is 10.9 Å². The fourth-order valence-corrected chi connectivity index (χ4v) is 3.02. The van der Waals surface area contributed by atoms with Crippen molar-refractivity contribution in [2.24, 2.45) is 5.92 Å². The Morgan fingerprint density at radius 1 is 1.32 bits per heavy atom. The van der Waals surface area contributed by atoms with Crippen LogP contribution in [0, 0.1) is 12.5 Å². The van der Waals surface area contributed by atoms with Gasteiger partial charge in [0.05, 0.1) is 33.9 Å². The van der Waals surface area contributed by atoms with E-state index in [-0.39, 0.29) is 11.8 Å². The van der Waals surface area contributed by atoms with Crippen LogP contribution in [0.2, 0.25) is 10.0 Å². The van der Waals surface area contributed by atoms with Gasteiger partial charge in [-0.1, -0.05) is 35.3 Å². The molecular weight excluding hydrogens is 361 g/mol. The van der Waals surface area contributed by atoms with Crippen LogP contribution in [0.1, 0.15) is 12.8 Å². The lowest BCUT2D eigenvalue weighted by molar-refractivity contribution is -0.117. The Kier molecular flexibility index (Phi) is 3.83. The second kappa shape index (κ2) is 6.03. The van der Waals surface area contributed by atoms with Crippen LogP contribution in [0.5, 0.6) is 0 Å². The minimum absolute atomic E-state index is 0.0523. The number of hydrogen-bond acceptors (Lipinski definition) is 3. The van der Waals surface area contributed by atoms with Gasteiger partial charge in [0.15, 0.2) is 0 Å². The molecule has 0 bridgehead atoms. The third-order valence-electron chi connectivity index (χ3n) is 4.01. The Morgan fingerprint density at radius 2 is 2.12 bits per heavy atom. The van der Waals surface area contributed by atoms with Crippen molar-refractivity contribution in [2.75, 3.05) is 5.32 Å². The summed E-state index contributed by atoms with van der Waals surface area (Å²) < 4.78 is 1.50. The van der Waals surface area contributed by atoms with E-state index in [1.807, 2.05) is 0 Å². The normalized spacial score (nSPS) is 13.6. The summed E-state index contributed by atoms with van der Waals surface area (Å²) in [6.45, 7) is 7.33. The second-order valence-electron chi connectivity index (χ2n) is 5.77. The number of halogens is 2. The molecule has 0 radical (unpaired) electrons. The Balaban J connectivity index is 1.87. The minimum Gasteiger partial charge on any atom is -0.310 e. The predicted molar refractivity (Wildman–Crippen MR) is 96.5 cm³/mol. The summed E-state index contributed by atoms with van der Waals surface area (Å²) in [6, 6.07) is 5.06. The molecule has 8 heteroatoms. The molecule has 1 fully saturated rings. The first kappa shape index (κ1) is 15.9. The SMILES string of the molecule is [C-]#[N+]c1cccc(Cl)c1-n1cc2c(NC(=O)C3CC3)ncc(Cl)c2n1. The molecule has 1 amide bonds. The standard InChI is InChI=1S/C17H11Cl2N5O/c1-20-13-4-2-3-11(18)15(13)24-8-10-14(23-24)12(19)7-21-16(10)22-17(25)9-5-6-9/h2-4,7-9H,5-6H2,(H,21,22,25). The predicted octanol–water partition coefficient (Wildman–Crippen LogP) is 4.63. The summed E-state index contributed by atoms with van der Waals surface area (Å²) in [5.41, 5.74) is 1.32. The molecule has 0 saturated heterocycles. The quantitative estimate of drug-likeness (QED) is 0.682. The second-order valence-corrected chi connectivity index (χ2v) is 6.59. The van der Waals surface area contributed by atoms with Gasteiger partial charge >= 0.3 is 0 Å². The minimum atomic E-state index is -0.0523. The lowest BCUT2D eigenvalue weighted by atomic mass is 10.2. The number of nitrogens with one attached hydrogen (secondary N) is 1. The van der Waals surface area contributed by atoms with Crippen LogP contribution in [0.4, 0.5) is 11.5 Å². The fraction of sp³-hybridized carbons (Fsp3) is 0.176. The van der Waals surface area contributed by atoms with Gasteiger partial charge in [0.1, 0.15) is 11.3 Å². The zero-order valence-electron chi connectivity index (χ0n) is 12.8. The van der Waals surface area contributed by atoms with Crippen LogP contribution in [0.3, 0.4) is 0 Å². The molecule has 0 atom stereocenters. The summed E-state index contributed by atoms with van der Waals surface area (Å²) in [4.78, 5) is 19.8. The van der Waals surface area contributed by atoms with E-state index in [4.69, 9.17) is 29.8 Å². The largest absolute Gasteiger partial charge is 0.310 e. The highest BCUT2D eigenvalue weighted by Crippen LogP contribution is 2.35. The van der Waals surface area contributed by atoms with Crippen LogP contribution in [0.25, 0.3) is 21.4 Å². The van der Waals surface area contributed by atoms with Gasteiger partial charge < -0.3 is 5.32 Å². The highest BCUT2D eigenvalue weighted by atomic mass is 35.5. The first-order valence-corrected chi connectivity index (χ1v) is 8.35. The Labute approximate surface area is 153 Å². The summed E-state index contributed by atoms with van der Waals surface area (Å²) >= 11 is 12.5. The molecule has 1 aromatic carbocycles. The van der Waals surface area contributed by atoms with E-state index >= 15 is 0 Å². The highest BCUT2D eigenvalue weighted by Gasteiger charge is 2.30. The summed E-state index contributed by atoms with van der Waals surface area (Å²) in [6.07, 6.45) is 4.92. The number of nitrogens with zero attached hydrogens (tertiary/aromatic N) is 4. The maximum atomic E-state index is 12.1. The molecule has 124 valence electrons. The monoisotopic (exact) mass is 371 g/mol. The maximum Gasteiger partial charge on any atom is 0.228 e. The Hall–Kier alpha value is -2.62. The molecule has 1 saturated carbocycles. The van der Waals surface area contributed by atoms with Crippen LogP contribution in [-0.2, 0) is 4.79 Å². The van der Waals surface area contributed by atoms with E-state index in [9.17, 15) is 4.79 Å². The third kappa shape index (κ3) is 2.82. The number of anilines is 1. The molecule has 1 aliphatic rings. The van der Waals surface area contributed by atoms with Gasteiger partial charge in [-0.2, -0.15) is 5.10 Å². The molecule has 0 unspecified atom stereocenters. The molecule has 1 aliphatic carbocycles. The topological polar surface area (TPSA) is 64.2 Å². The molecule has 3 aromatic rings. The number of carbonyl (C=O) groups excluding carboxylic acids is 1. The van der Waals surface area contributed by atoms with Gasteiger partial charge in [0, 0.05) is 12.1 Å². The number of rotatable bonds is 3. The first-order valence-electron chi connectivity index (χ1n) is 7.59. The molecule has 0 spiro atoms. The number of pyridine rings is 1. The summed E-state index contributed by atoms with van der Waals surface area (Å²) in [5, 5.41) is 8.62. The first-order chi connectivity index (χ1) is 12.1. The molecule has 25 heavy (non-hydrogen) atoms. The summed E-state index contributed by atoms with van der Waals surface area (Å²) in [5.74, 6) is 0.405. The zero-order valence-corrected chi connectivity index (χ0v) is 14.3. The van der Waals surface area contributed by atoms with Crippen LogP contribution < -0.4 is 5.32 Å². The van der Waals surface area contributed by atoms with Crippen molar-refractivity contribution in [1.82, 2.24) is 14.8 Å². The Bertz CT molecular complexity index is 1050. The third-order valence-corrected chi connectivity index (χ3v) is 4.59. The van der Waals surface area contributed by atoms with Gasteiger partial charge in [-0.05, 0) is 18.9 Å². The molecule has 0 aliphatic heterocycles. The molecular formula is C17H11Cl2N5O. The van der Waals surface area contributed by atoms with Crippen molar-refractivity contribution in [3.05, 3.63) is 52.1 Å². The van der Waals surface area contributed by atoms with E-state index < -0.39 is 0 Å². The van der Waals surface area contributed by atoms with E-state index in [2.05, 4.69) is 20.2 Å². The van der Waals surface area contributed by atoms with Crippen LogP contribution >= 0.6 is 23.2 Å². The number of benzene rings is 1. The number of carbonyl (C=O) groups is 1. The van der Waals surface area contributed by atoms with Crippen molar-refractivity contribution in [1.29, 1.82) is 0 Å². The molecule has 2 aromatic heterocycles. The van der Waals surface area contributed by atoms with Gasteiger partial charge in [-0.25, -0.2) is 14.5 Å². The van der Waals surface area contributed by atoms with Crippen molar-refractivity contribution >= 4 is 51.5 Å². The van der Waals surface area contributed by atoms with Gasteiger partial charge in [-0.3, -0.25) is 4.79 Å². The molecule has 6 nitrogen and oxygen atoms in total. The van der Waals surface area contributed by atoms with Gasteiger partial charge in [0.25, 0.3) is 0 Å². The highest BCUT2D eigenvalue weighted by molar-refractivity contribution is 6.35. The molecule has 4 rings (SSSR count). The van der Waals surface area contributed by atoms with E-state index in [0.717, 1.165) is 12.8 Å². The van der Waals surface area contributed by atoms with Gasteiger partial charge in [-0.15, -0.1) is 0 Å². The van der Waals surface area contributed by atoms with Crippen molar-refractivity contribution in [3.8, 4) is 5.69 Å². The summed E-state index contributed by atoms with van der Waals surface area (Å²) in [7, 11) is 0. The fourth-order valence-electron chi connectivity index (χ4n) is 2.57. The average Bonchev–Trinajstić information content (AvgIpc) is 3.36. The van der Waals surface area contributed by atoms with Crippen molar-refractivity contribution < 1.29 is 4.79 Å². The average molecular weight is 372 g/mol.